The van der Waals surface area contributed by atoms with Crippen LogP contribution in [0, 0.1) is 0 Å². The molecule has 0 spiro atoms. The lowest BCUT2D eigenvalue weighted by atomic mass is 10.2. The van der Waals surface area contributed by atoms with Crippen molar-refractivity contribution in [1.29, 1.82) is 0 Å². The monoisotopic (exact) mass is 568 g/mol. The first kappa shape index (κ1) is 23.9. The lowest BCUT2D eigenvalue weighted by molar-refractivity contribution is -0.143. The lowest BCUT2D eigenvalue weighted by Gasteiger charge is -2.12. The van der Waals surface area contributed by atoms with Gasteiger partial charge < -0.3 is 13.7 Å². The van der Waals surface area contributed by atoms with Crippen LogP contribution in [0.5, 0.6) is 0 Å². The Hall–Kier alpha value is -4.50. The fourth-order valence-electron chi connectivity index (χ4n) is 4.57. The zero-order chi connectivity index (χ0) is 26.4. The normalized spacial score (nSPS) is 12.6. The third kappa shape index (κ3) is 4.01. The first-order valence-electron chi connectivity index (χ1n) is 11.9. The maximum atomic E-state index is 13.6. The van der Waals surface area contributed by atoms with Crippen LogP contribution in [0.15, 0.2) is 97.8 Å². The number of methoxy groups -OCH3 is 1. The molecule has 3 aromatic carbocycles. The molecule has 6 aromatic rings. The number of ether oxygens (including phenoxy) is 1. The molecule has 6 rings (SSSR count). The van der Waals surface area contributed by atoms with Crippen LogP contribution < -0.4 is 5.56 Å². The van der Waals surface area contributed by atoms with E-state index in [1.807, 2.05) is 65.4 Å². The number of furan rings is 1. The van der Waals surface area contributed by atoms with E-state index in [0.29, 0.717) is 22.2 Å². The summed E-state index contributed by atoms with van der Waals surface area (Å²) >= 11 is 3.49. The maximum Gasteiger partial charge on any atom is 0.328 e. The van der Waals surface area contributed by atoms with Crippen LogP contribution in [0.1, 0.15) is 18.5 Å². The highest BCUT2D eigenvalue weighted by Gasteiger charge is 2.20. The Bertz CT molecular complexity index is 1950. The molecular formula is C29H21BrN4O4. The number of carbonyl (C=O) groups is 1. The number of aromatic nitrogens is 3. The SMILES string of the molecule is COC(=O)[C@H](C)n1cc(C=Nn2c(-c3cc4cc(Br)ccc4o3)nc3ccccc3c2=O)c2ccccc21. The lowest BCUT2D eigenvalue weighted by Crippen LogP contribution is -2.20. The average molecular weight is 569 g/mol. The molecule has 0 aliphatic heterocycles. The van der Waals surface area contributed by atoms with Gasteiger partial charge in [0.2, 0.25) is 5.82 Å². The van der Waals surface area contributed by atoms with Crippen LogP contribution in [0.3, 0.4) is 0 Å². The van der Waals surface area contributed by atoms with Gasteiger partial charge in [-0.1, -0.05) is 46.3 Å². The third-order valence-electron chi connectivity index (χ3n) is 6.50. The van der Waals surface area contributed by atoms with Gasteiger partial charge in [0.25, 0.3) is 5.56 Å². The van der Waals surface area contributed by atoms with Gasteiger partial charge in [0.05, 0.1) is 24.2 Å². The number of halogens is 1. The molecule has 1 atom stereocenters. The van der Waals surface area contributed by atoms with Gasteiger partial charge >= 0.3 is 5.97 Å². The zero-order valence-electron chi connectivity index (χ0n) is 20.5. The van der Waals surface area contributed by atoms with E-state index in [1.165, 1.54) is 11.8 Å². The van der Waals surface area contributed by atoms with Crippen molar-refractivity contribution in [3.8, 4) is 11.6 Å². The molecule has 3 aromatic heterocycles. The minimum Gasteiger partial charge on any atom is -0.467 e. The molecule has 0 aliphatic rings. The predicted octanol–water partition coefficient (Wildman–Crippen LogP) is 6.14. The molecule has 0 unspecified atom stereocenters. The van der Waals surface area contributed by atoms with E-state index in [4.69, 9.17) is 14.1 Å². The number of carbonyl (C=O) groups excluding carboxylic acids is 1. The van der Waals surface area contributed by atoms with E-state index in [9.17, 15) is 9.59 Å². The Morgan fingerprint density at radius 2 is 1.84 bits per heavy atom. The Kier molecular flexibility index (Phi) is 5.92. The van der Waals surface area contributed by atoms with Crippen molar-refractivity contribution in [3.05, 3.63) is 99.4 Å². The van der Waals surface area contributed by atoms with Gasteiger partial charge in [-0.3, -0.25) is 4.79 Å². The van der Waals surface area contributed by atoms with Crippen molar-refractivity contribution in [1.82, 2.24) is 14.2 Å². The Morgan fingerprint density at radius 1 is 1.08 bits per heavy atom. The highest BCUT2D eigenvalue weighted by molar-refractivity contribution is 9.10. The van der Waals surface area contributed by atoms with Gasteiger partial charge in [0.15, 0.2) is 5.76 Å². The molecule has 0 N–H and O–H groups in total. The van der Waals surface area contributed by atoms with Gasteiger partial charge in [0.1, 0.15) is 11.6 Å². The molecule has 8 nitrogen and oxygen atoms in total. The zero-order valence-corrected chi connectivity index (χ0v) is 22.0. The van der Waals surface area contributed by atoms with Crippen molar-refractivity contribution in [2.45, 2.75) is 13.0 Å². The van der Waals surface area contributed by atoms with E-state index in [1.54, 1.807) is 31.3 Å². The Balaban J connectivity index is 1.54. The maximum absolute atomic E-state index is 13.6. The van der Waals surface area contributed by atoms with Gasteiger partial charge in [-0.25, -0.2) is 9.78 Å². The molecule has 3 heterocycles. The predicted molar refractivity (Wildman–Crippen MR) is 151 cm³/mol. The molecule has 0 saturated carbocycles. The fraction of sp³-hybridized carbons (Fsp3) is 0.103. The first-order valence-corrected chi connectivity index (χ1v) is 12.7. The van der Waals surface area contributed by atoms with Crippen LogP contribution in [0.25, 0.3) is 44.4 Å². The first-order chi connectivity index (χ1) is 18.4. The number of para-hydroxylation sites is 2. The summed E-state index contributed by atoms with van der Waals surface area (Å²) in [5.74, 6) is 0.340. The minimum absolute atomic E-state index is 0.281. The molecule has 0 fully saturated rings. The van der Waals surface area contributed by atoms with E-state index >= 15 is 0 Å². The van der Waals surface area contributed by atoms with E-state index in [-0.39, 0.29) is 17.4 Å². The summed E-state index contributed by atoms with van der Waals surface area (Å²) in [6, 6.07) is 21.8. The largest absolute Gasteiger partial charge is 0.467 e. The third-order valence-corrected chi connectivity index (χ3v) is 6.99. The number of fused-ring (bicyclic) bond motifs is 3. The molecule has 9 heteroatoms. The summed E-state index contributed by atoms with van der Waals surface area (Å²) in [6.45, 7) is 1.77. The number of benzene rings is 3. The summed E-state index contributed by atoms with van der Waals surface area (Å²) in [5, 5.41) is 6.78. The topological polar surface area (TPSA) is 91.6 Å². The molecule has 0 aliphatic carbocycles. The Morgan fingerprint density at radius 3 is 2.66 bits per heavy atom. The minimum atomic E-state index is -0.539. The smallest absolute Gasteiger partial charge is 0.328 e. The van der Waals surface area contributed by atoms with Gasteiger partial charge in [0, 0.05) is 32.5 Å². The molecule has 0 saturated heterocycles. The van der Waals surface area contributed by atoms with Crippen LogP contribution >= 0.6 is 15.9 Å². The second-order valence-corrected chi connectivity index (χ2v) is 9.73. The molecule has 0 radical (unpaired) electrons. The van der Waals surface area contributed by atoms with E-state index in [0.717, 1.165) is 26.3 Å². The highest BCUT2D eigenvalue weighted by atomic mass is 79.9. The van der Waals surface area contributed by atoms with Crippen LogP contribution in [0.2, 0.25) is 0 Å². The van der Waals surface area contributed by atoms with Crippen molar-refractivity contribution < 1.29 is 13.9 Å². The van der Waals surface area contributed by atoms with Gasteiger partial charge in [-0.15, -0.1) is 0 Å². The second kappa shape index (κ2) is 9.42. The highest BCUT2D eigenvalue weighted by Crippen LogP contribution is 2.29. The van der Waals surface area contributed by atoms with Crippen molar-refractivity contribution in [3.63, 3.8) is 0 Å². The van der Waals surface area contributed by atoms with Crippen molar-refractivity contribution in [2.75, 3.05) is 7.11 Å². The molecule has 188 valence electrons. The standard InChI is InChI=1S/C29H21BrN4O4/c1-17(29(36)37-2)33-16-19(21-7-4-6-10-24(21)33)15-31-34-27(32-23-9-5-3-8-22(23)28(34)35)26-14-18-13-20(30)11-12-25(18)38-26/h3-17H,1-2H3/t17-/m0/s1. The number of hydrogen-bond donors (Lipinski definition) is 0. The van der Waals surface area contributed by atoms with E-state index < -0.39 is 6.04 Å². The van der Waals surface area contributed by atoms with Crippen molar-refractivity contribution >= 4 is 60.9 Å². The average Bonchev–Trinajstić information content (AvgIpc) is 3.53. The van der Waals surface area contributed by atoms with Crippen LogP contribution in [0.4, 0.5) is 0 Å². The summed E-state index contributed by atoms with van der Waals surface area (Å²) in [5.41, 5.74) is 2.47. The van der Waals surface area contributed by atoms with E-state index in [2.05, 4.69) is 21.0 Å². The number of hydrogen-bond acceptors (Lipinski definition) is 6. The molecular weight excluding hydrogens is 548 g/mol. The van der Waals surface area contributed by atoms with Crippen molar-refractivity contribution in [2.24, 2.45) is 5.10 Å². The number of nitrogens with zero attached hydrogens (tertiary/aromatic N) is 4. The summed E-state index contributed by atoms with van der Waals surface area (Å²) < 4.78 is 15.0. The number of esters is 1. The second-order valence-electron chi connectivity index (χ2n) is 8.81. The quantitative estimate of drug-likeness (QED) is 0.184. The molecule has 38 heavy (non-hydrogen) atoms. The van der Waals surface area contributed by atoms with Crippen LogP contribution in [-0.4, -0.2) is 33.5 Å². The Labute approximate surface area is 224 Å². The summed E-state index contributed by atoms with van der Waals surface area (Å²) in [6.07, 6.45) is 3.43. The van der Waals surface area contributed by atoms with Gasteiger partial charge in [-0.05, 0) is 49.4 Å². The summed E-state index contributed by atoms with van der Waals surface area (Å²) in [7, 11) is 1.37. The van der Waals surface area contributed by atoms with Crippen LogP contribution in [-0.2, 0) is 9.53 Å². The summed E-state index contributed by atoms with van der Waals surface area (Å²) in [4.78, 5) is 30.6. The van der Waals surface area contributed by atoms with Gasteiger partial charge in [-0.2, -0.15) is 9.78 Å². The fourth-order valence-corrected chi connectivity index (χ4v) is 4.95. The molecule has 0 bridgehead atoms. The number of rotatable bonds is 5. The molecule has 0 amide bonds.